The van der Waals surface area contributed by atoms with E-state index in [4.69, 9.17) is 0 Å². The molecule has 0 saturated carbocycles. The van der Waals surface area contributed by atoms with Crippen LogP contribution >= 0.6 is 0 Å². The molecule has 1 amide bonds. The van der Waals surface area contributed by atoms with Crippen LogP contribution in [-0.4, -0.2) is 5.91 Å². The van der Waals surface area contributed by atoms with Gasteiger partial charge in [0.05, 0.1) is 0 Å². The van der Waals surface area contributed by atoms with Crippen molar-refractivity contribution in [2.24, 2.45) is 5.41 Å². The number of rotatable bonds is 9. The highest BCUT2D eigenvalue weighted by Crippen LogP contribution is 2.31. The van der Waals surface area contributed by atoms with Gasteiger partial charge in [0.25, 0.3) is 0 Å². The monoisotopic (exact) mass is 289 g/mol. The number of carbonyl (C=O) groups excluding carboxylic acids is 1. The molecule has 0 saturated heterocycles. The van der Waals surface area contributed by atoms with Crippen molar-refractivity contribution in [3.63, 3.8) is 0 Å². The van der Waals surface area contributed by atoms with Crippen molar-refractivity contribution in [3.8, 4) is 0 Å². The van der Waals surface area contributed by atoms with E-state index in [2.05, 4.69) is 57.3 Å². The van der Waals surface area contributed by atoms with Gasteiger partial charge in [0.1, 0.15) is 0 Å². The molecule has 1 rings (SSSR count). The van der Waals surface area contributed by atoms with Gasteiger partial charge < -0.3 is 5.32 Å². The summed E-state index contributed by atoms with van der Waals surface area (Å²) < 4.78 is 0. The first-order valence-electron chi connectivity index (χ1n) is 8.35. The number of hydrogen-bond donors (Lipinski definition) is 1. The van der Waals surface area contributed by atoms with Gasteiger partial charge in [-0.1, -0.05) is 76.3 Å². The zero-order valence-corrected chi connectivity index (χ0v) is 14.2. The molecule has 0 unspecified atom stereocenters. The van der Waals surface area contributed by atoms with Gasteiger partial charge in [-0.3, -0.25) is 4.79 Å². The lowest BCUT2D eigenvalue weighted by Gasteiger charge is -2.28. The Labute approximate surface area is 130 Å². The van der Waals surface area contributed by atoms with E-state index in [-0.39, 0.29) is 11.3 Å². The first-order valence-corrected chi connectivity index (χ1v) is 8.35. The molecule has 0 fully saturated rings. The zero-order valence-electron chi connectivity index (χ0n) is 14.2. The summed E-state index contributed by atoms with van der Waals surface area (Å²) in [6.07, 6.45) is 6.52. The van der Waals surface area contributed by atoms with E-state index >= 15 is 0 Å². The van der Waals surface area contributed by atoms with Gasteiger partial charge in [-0.25, -0.2) is 0 Å². The second-order valence-corrected chi connectivity index (χ2v) is 6.44. The normalized spacial score (nSPS) is 11.4. The van der Waals surface area contributed by atoms with E-state index in [1.54, 1.807) is 0 Å². The smallest absolute Gasteiger partial charge is 0.226 e. The predicted molar refractivity (Wildman–Crippen MR) is 90.2 cm³/mol. The molecule has 0 radical (unpaired) electrons. The molecule has 0 bridgehead atoms. The maximum absolute atomic E-state index is 12.6. The molecule has 0 aliphatic carbocycles. The molecule has 118 valence electrons. The Balaban J connectivity index is 2.60. The summed E-state index contributed by atoms with van der Waals surface area (Å²) in [7, 11) is 0. The molecule has 0 aliphatic heterocycles. The minimum atomic E-state index is -0.212. The first kappa shape index (κ1) is 17.7. The summed E-state index contributed by atoms with van der Waals surface area (Å²) in [5, 5.41) is 3.14. The predicted octanol–water partition coefficient (Wildman–Crippen LogP) is 5.00. The maximum atomic E-state index is 12.6. The van der Waals surface area contributed by atoms with Gasteiger partial charge in [-0.2, -0.15) is 0 Å². The third-order valence-electron chi connectivity index (χ3n) is 4.29. The van der Waals surface area contributed by atoms with E-state index in [0.717, 1.165) is 38.5 Å². The fraction of sp³-hybridized carbons (Fsp3) is 0.632. The summed E-state index contributed by atoms with van der Waals surface area (Å²) in [6.45, 7) is 9.21. The van der Waals surface area contributed by atoms with Gasteiger partial charge in [-0.15, -0.1) is 0 Å². The molecule has 0 aromatic heterocycles. The molecule has 1 aromatic carbocycles. The van der Waals surface area contributed by atoms with E-state index in [0.29, 0.717) is 6.54 Å². The van der Waals surface area contributed by atoms with Crippen molar-refractivity contribution >= 4 is 5.91 Å². The molecule has 2 nitrogen and oxygen atoms in total. The van der Waals surface area contributed by atoms with Crippen LogP contribution in [0.2, 0.25) is 0 Å². The van der Waals surface area contributed by atoms with Crippen LogP contribution in [0.25, 0.3) is 0 Å². The minimum Gasteiger partial charge on any atom is -0.352 e. The van der Waals surface area contributed by atoms with Crippen molar-refractivity contribution < 1.29 is 4.79 Å². The van der Waals surface area contributed by atoms with Crippen molar-refractivity contribution in [1.29, 1.82) is 0 Å². The fourth-order valence-corrected chi connectivity index (χ4v) is 2.59. The third-order valence-corrected chi connectivity index (χ3v) is 4.29. The topological polar surface area (TPSA) is 29.1 Å². The van der Waals surface area contributed by atoms with Crippen LogP contribution < -0.4 is 5.32 Å². The van der Waals surface area contributed by atoms with Crippen molar-refractivity contribution in [3.05, 3.63) is 35.4 Å². The average molecular weight is 289 g/mol. The summed E-state index contributed by atoms with van der Waals surface area (Å²) in [5.41, 5.74) is 2.21. The summed E-state index contributed by atoms with van der Waals surface area (Å²) in [4.78, 5) is 12.6. The van der Waals surface area contributed by atoms with Crippen LogP contribution in [-0.2, 0) is 11.3 Å². The van der Waals surface area contributed by atoms with E-state index in [9.17, 15) is 4.79 Å². The van der Waals surface area contributed by atoms with Gasteiger partial charge in [0.2, 0.25) is 5.91 Å². The molecule has 0 aliphatic rings. The third kappa shape index (κ3) is 5.91. The number of hydrogen-bond acceptors (Lipinski definition) is 1. The van der Waals surface area contributed by atoms with Crippen LogP contribution in [0.1, 0.15) is 70.4 Å². The van der Waals surface area contributed by atoms with E-state index < -0.39 is 0 Å². The second kappa shape index (κ2) is 8.86. The van der Waals surface area contributed by atoms with E-state index in [1.165, 1.54) is 11.1 Å². The molecule has 0 spiro atoms. The minimum absolute atomic E-state index is 0.212. The Hall–Kier alpha value is -1.31. The average Bonchev–Trinajstić information content (AvgIpc) is 2.50. The number of carbonyl (C=O) groups is 1. The quantitative estimate of drug-likeness (QED) is 0.681. The Morgan fingerprint density at radius 1 is 1.05 bits per heavy atom. The fourth-order valence-electron chi connectivity index (χ4n) is 2.59. The number of unbranched alkanes of at least 4 members (excludes halogenated alkanes) is 2. The Morgan fingerprint density at radius 3 is 2.05 bits per heavy atom. The Bertz CT molecular complexity index is 414. The van der Waals surface area contributed by atoms with Crippen molar-refractivity contribution in [2.45, 2.75) is 72.8 Å². The molecular weight excluding hydrogens is 258 g/mol. The summed E-state index contributed by atoms with van der Waals surface area (Å²) >= 11 is 0. The number of nitrogens with one attached hydrogen (secondary N) is 1. The lowest BCUT2D eigenvalue weighted by atomic mass is 9.79. The van der Waals surface area contributed by atoms with Crippen molar-refractivity contribution in [2.75, 3.05) is 0 Å². The van der Waals surface area contributed by atoms with Gasteiger partial charge in [0.15, 0.2) is 0 Å². The number of aryl methyl sites for hydroxylation is 1. The molecule has 1 N–H and O–H groups in total. The Kier molecular flexibility index (Phi) is 7.49. The zero-order chi connectivity index (χ0) is 15.7. The van der Waals surface area contributed by atoms with Crippen LogP contribution in [0.5, 0.6) is 0 Å². The molecule has 2 heteroatoms. The first-order chi connectivity index (χ1) is 10.0. The van der Waals surface area contributed by atoms with Crippen LogP contribution in [0.3, 0.4) is 0 Å². The largest absolute Gasteiger partial charge is 0.352 e. The lowest BCUT2D eigenvalue weighted by molar-refractivity contribution is -0.131. The highest BCUT2D eigenvalue weighted by Gasteiger charge is 2.31. The molecular formula is C19H31NO. The van der Waals surface area contributed by atoms with E-state index in [1.807, 2.05) is 0 Å². The summed E-state index contributed by atoms with van der Waals surface area (Å²) in [6, 6.07) is 8.36. The van der Waals surface area contributed by atoms with Crippen molar-refractivity contribution in [1.82, 2.24) is 5.32 Å². The van der Waals surface area contributed by atoms with Crippen LogP contribution in [0.15, 0.2) is 24.3 Å². The van der Waals surface area contributed by atoms with Gasteiger partial charge >= 0.3 is 0 Å². The summed E-state index contributed by atoms with van der Waals surface area (Å²) in [5.74, 6) is 0.213. The standard InChI is InChI=1S/C19H31NO/c1-5-7-13-19(4,14-8-6-2)18(21)20-15-17-11-9-16(3)10-12-17/h9-12H,5-8,13-15H2,1-4H3,(H,20,21). The highest BCUT2D eigenvalue weighted by atomic mass is 16.2. The van der Waals surface area contributed by atoms with Gasteiger partial charge in [-0.05, 0) is 25.3 Å². The SMILES string of the molecule is CCCCC(C)(CCCC)C(=O)NCc1ccc(C)cc1. The number of amides is 1. The molecule has 1 aromatic rings. The van der Waals surface area contributed by atoms with Crippen LogP contribution in [0.4, 0.5) is 0 Å². The second-order valence-electron chi connectivity index (χ2n) is 6.44. The molecule has 0 heterocycles. The molecule has 0 atom stereocenters. The molecule has 21 heavy (non-hydrogen) atoms. The van der Waals surface area contributed by atoms with Gasteiger partial charge in [0, 0.05) is 12.0 Å². The maximum Gasteiger partial charge on any atom is 0.226 e. The Morgan fingerprint density at radius 2 is 1.57 bits per heavy atom. The highest BCUT2D eigenvalue weighted by molar-refractivity contribution is 5.82. The van der Waals surface area contributed by atoms with Crippen LogP contribution in [0, 0.1) is 12.3 Å². The lowest BCUT2D eigenvalue weighted by Crippen LogP contribution is -2.38. The number of benzene rings is 1.